The van der Waals surface area contributed by atoms with Gasteiger partial charge in [0, 0.05) is 52.8 Å². The molecule has 2 unspecified atom stereocenters. The minimum atomic E-state index is -1.32. The zero-order chi connectivity index (χ0) is 28.9. The number of rotatable bonds is 6. The number of fused-ring (bicyclic) bond motifs is 2. The fourth-order valence-corrected chi connectivity index (χ4v) is 5.79. The Morgan fingerprint density at radius 2 is 1.93 bits per heavy atom. The third-order valence-electron chi connectivity index (χ3n) is 7.69. The van der Waals surface area contributed by atoms with Crippen LogP contribution < -0.4 is 10.1 Å². The van der Waals surface area contributed by atoms with E-state index in [4.69, 9.17) is 4.74 Å². The molecule has 2 aromatic heterocycles. The van der Waals surface area contributed by atoms with E-state index in [1.807, 2.05) is 44.2 Å². The van der Waals surface area contributed by atoms with Gasteiger partial charge in [-0.1, -0.05) is 12.1 Å². The van der Waals surface area contributed by atoms with Crippen LogP contribution in [0.15, 0.2) is 61.1 Å². The Hall–Kier alpha value is -4.60. The number of likely N-dealkylation sites (tertiary alicyclic amines) is 1. The summed E-state index contributed by atoms with van der Waals surface area (Å²) < 4.78 is 22.2. The molecule has 210 valence electrons. The van der Waals surface area contributed by atoms with E-state index in [2.05, 4.69) is 15.5 Å². The number of amides is 2. The Morgan fingerprint density at radius 1 is 1.10 bits per heavy atom. The van der Waals surface area contributed by atoms with Crippen molar-refractivity contribution in [3.63, 3.8) is 0 Å². The molecular weight excluding hydrogens is 525 g/mol. The number of anilines is 1. The summed E-state index contributed by atoms with van der Waals surface area (Å²) in [5.41, 5.74) is 4.14. The van der Waals surface area contributed by atoms with Gasteiger partial charge in [0.1, 0.15) is 30.1 Å². The van der Waals surface area contributed by atoms with Crippen LogP contribution in [-0.2, 0) is 22.6 Å². The lowest BCUT2D eigenvalue weighted by atomic mass is 10.0. The highest BCUT2D eigenvalue weighted by atomic mass is 19.1. The van der Waals surface area contributed by atoms with Crippen molar-refractivity contribution in [2.45, 2.75) is 58.0 Å². The molecule has 2 amide bonds. The molecule has 0 aliphatic carbocycles. The van der Waals surface area contributed by atoms with Crippen LogP contribution in [-0.4, -0.2) is 61.6 Å². The minimum absolute atomic E-state index is 0.0828. The van der Waals surface area contributed by atoms with Crippen molar-refractivity contribution in [2.24, 2.45) is 0 Å². The molecule has 2 aromatic carbocycles. The highest BCUT2D eigenvalue weighted by Crippen LogP contribution is 2.37. The summed E-state index contributed by atoms with van der Waals surface area (Å²) in [4.78, 5) is 40.5. The highest BCUT2D eigenvalue weighted by molar-refractivity contribution is 6.08. The molecule has 1 saturated heterocycles. The molecule has 0 radical (unpaired) electrons. The van der Waals surface area contributed by atoms with Gasteiger partial charge in [0.2, 0.25) is 11.8 Å². The Labute approximate surface area is 236 Å². The van der Waals surface area contributed by atoms with Gasteiger partial charge < -0.3 is 19.5 Å². The zero-order valence-corrected chi connectivity index (χ0v) is 23.1. The zero-order valence-electron chi connectivity index (χ0n) is 23.1. The molecule has 4 aromatic rings. The van der Waals surface area contributed by atoms with E-state index in [9.17, 15) is 18.8 Å². The van der Waals surface area contributed by atoms with E-state index in [1.165, 1.54) is 11.8 Å². The van der Waals surface area contributed by atoms with Crippen molar-refractivity contribution >= 4 is 34.2 Å². The van der Waals surface area contributed by atoms with E-state index in [1.54, 1.807) is 35.3 Å². The van der Waals surface area contributed by atoms with E-state index >= 15 is 0 Å². The molecule has 0 spiro atoms. The van der Waals surface area contributed by atoms with E-state index in [-0.39, 0.29) is 30.9 Å². The average Bonchev–Trinajstić information content (AvgIpc) is 3.60. The smallest absolute Gasteiger partial charge is 0.247 e. The van der Waals surface area contributed by atoms with Gasteiger partial charge in [-0.2, -0.15) is 10.2 Å². The Balaban J connectivity index is 1.22. The number of carbonyl (C=O) groups is 3. The fourth-order valence-electron chi connectivity index (χ4n) is 5.79. The van der Waals surface area contributed by atoms with Crippen LogP contribution in [0, 0.1) is 0 Å². The number of nitrogens with one attached hydrogen (secondary N) is 1. The summed E-state index contributed by atoms with van der Waals surface area (Å²) in [6, 6.07) is 11.9. The van der Waals surface area contributed by atoms with Gasteiger partial charge in [0.15, 0.2) is 5.78 Å². The predicted molar refractivity (Wildman–Crippen MR) is 151 cm³/mol. The molecular formula is C31H30FN5O4. The molecule has 1 fully saturated rings. The molecule has 0 bridgehead atoms. The maximum atomic E-state index is 14.6. The molecule has 2 aliphatic heterocycles. The summed E-state index contributed by atoms with van der Waals surface area (Å²) >= 11 is 0. The molecule has 41 heavy (non-hydrogen) atoms. The van der Waals surface area contributed by atoms with Crippen LogP contribution >= 0.6 is 0 Å². The number of halogens is 1. The molecule has 6 rings (SSSR count). The quantitative estimate of drug-likeness (QED) is 0.349. The van der Waals surface area contributed by atoms with Crippen LogP contribution in [0.5, 0.6) is 5.75 Å². The highest BCUT2D eigenvalue weighted by Gasteiger charge is 2.40. The lowest BCUT2D eigenvalue weighted by Gasteiger charge is -2.24. The Morgan fingerprint density at radius 3 is 2.68 bits per heavy atom. The number of ketones is 1. The average molecular weight is 556 g/mol. The van der Waals surface area contributed by atoms with Gasteiger partial charge in [-0.3, -0.25) is 14.4 Å². The predicted octanol–water partition coefficient (Wildman–Crippen LogP) is 4.59. The lowest BCUT2D eigenvalue weighted by Crippen LogP contribution is -2.44. The molecule has 2 aliphatic rings. The van der Waals surface area contributed by atoms with Crippen molar-refractivity contribution in [1.29, 1.82) is 0 Å². The number of alkyl halides is 1. The summed E-state index contributed by atoms with van der Waals surface area (Å²) in [6.45, 7) is 5.16. The molecule has 0 saturated carbocycles. The number of Topliss-reactive ketones (excluding diaryl/α,β-unsaturated/α-hetero) is 1. The second kappa shape index (κ2) is 10.1. The Bertz CT molecular complexity index is 1680. The largest absolute Gasteiger partial charge is 0.487 e. The maximum absolute atomic E-state index is 14.6. The number of benzene rings is 2. The number of hydrogen-bond donors (Lipinski definition) is 1. The molecule has 10 heteroatoms. The summed E-state index contributed by atoms with van der Waals surface area (Å²) in [7, 11) is 0. The first-order valence-corrected chi connectivity index (χ1v) is 13.6. The topological polar surface area (TPSA) is 106 Å². The van der Waals surface area contributed by atoms with Gasteiger partial charge in [-0.15, -0.1) is 0 Å². The monoisotopic (exact) mass is 555 g/mol. The number of hydrogen-bond acceptors (Lipinski definition) is 6. The maximum Gasteiger partial charge on any atom is 0.247 e. The second-order valence-electron chi connectivity index (χ2n) is 11.3. The second-order valence-corrected chi connectivity index (χ2v) is 11.3. The van der Waals surface area contributed by atoms with Crippen molar-refractivity contribution in [2.75, 3.05) is 11.9 Å². The molecule has 2 atom stereocenters. The molecule has 9 nitrogen and oxygen atoms in total. The first-order chi connectivity index (χ1) is 19.6. The van der Waals surface area contributed by atoms with Gasteiger partial charge in [0.25, 0.3) is 0 Å². The molecule has 1 N–H and O–H groups in total. The Kier molecular flexibility index (Phi) is 6.56. The summed E-state index contributed by atoms with van der Waals surface area (Å²) in [6.07, 6.45) is 4.24. The number of nitrogens with zero attached hydrogens (tertiary/aromatic N) is 4. The number of aromatic nitrogens is 3. The number of ether oxygens (including phenoxy) is 1. The fraction of sp³-hybridized carbons (Fsp3) is 0.323. The van der Waals surface area contributed by atoms with Gasteiger partial charge >= 0.3 is 0 Å². The van der Waals surface area contributed by atoms with Crippen molar-refractivity contribution < 1.29 is 23.5 Å². The normalized spacial score (nSPS) is 19.2. The van der Waals surface area contributed by atoms with E-state index in [0.29, 0.717) is 27.9 Å². The SMILES string of the molecule is CC(=O)c1cn(CC(=O)N2CC(F)CC2C(=O)Nc2ccc3c(c2)OC(C)(C)C3)c2ccc(-c3ccnnc3)cc12. The molecule has 4 heterocycles. The van der Waals surface area contributed by atoms with Crippen LogP contribution in [0.3, 0.4) is 0 Å². The minimum Gasteiger partial charge on any atom is -0.487 e. The van der Waals surface area contributed by atoms with Crippen molar-refractivity contribution in [3.8, 4) is 16.9 Å². The standard InChI is InChI=1S/C31H30FN5O4/c1-18(38)25-16-36(26-7-5-19(10-24(25)26)21-8-9-33-34-14-21)17-29(39)37-15-22(32)11-27(37)30(40)35-23-6-4-20-13-31(2,3)41-28(20)12-23/h4-10,12,14,16,22,27H,11,13,15,17H2,1-3H3,(H,35,40). The van der Waals surface area contributed by atoms with Crippen molar-refractivity contribution in [3.05, 3.63) is 72.2 Å². The van der Waals surface area contributed by atoms with Gasteiger partial charge in [-0.25, -0.2) is 4.39 Å². The third-order valence-corrected chi connectivity index (χ3v) is 7.69. The van der Waals surface area contributed by atoms with Crippen LogP contribution in [0.4, 0.5) is 10.1 Å². The summed E-state index contributed by atoms with van der Waals surface area (Å²) in [5.74, 6) is -0.290. The van der Waals surface area contributed by atoms with Gasteiger partial charge in [-0.05, 0) is 56.2 Å². The van der Waals surface area contributed by atoms with E-state index < -0.39 is 24.0 Å². The van der Waals surface area contributed by atoms with Gasteiger partial charge in [0.05, 0.1) is 18.9 Å². The third kappa shape index (κ3) is 5.17. The number of carbonyl (C=O) groups excluding carboxylic acids is 3. The van der Waals surface area contributed by atoms with E-state index in [0.717, 1.165) is 23.1 Å². The van der Waals surface area contributed by atoms with Crippen LogP contribution in [0.1, 0.15) is 43.1 Å². The lowest BCUT2D eigenvalue weighted by molar-refractivity contribution is -0.137. The first-order valence-electron chi connectivity index (χ1n) is 13.6. The van der Waals surface area contributed by atoms with Crippen LogP contribution in [0.25, 0.3) is 22.0 Å². The van der Waals surface area contributed by atoms with Crippen molar-refractivity contribution in [1.82, 2.24) is 19.7 Å². The first kappa shape index (κ1) is 26.6. The van der Waals surface area contributed by atoms with Crippen LogP contribution in [0.2, 0.25) is 0 Å². The summed E-state index contributed by atoms with van der Waals surface area (Å²) in [5, 5.41) is 11.3.